The molecular weight excluding hydrogens is 590 g/mol. The molecule has 0 spiro atoms. The van der Waals surface area contributed by atoms with Crippen molar-refractivity contribution in [2.45, 2.75) is 95.1 Å². The first-order valence-electron chi connectivity index (χ1n) is 17.7. The molecule has 0 aromatic heterocycles. The Kier molecular flexibility index (Phi) is 8.22. The minimum Gasteiger partial charge on any atom is -0.399 e. The fourth-order valence-corrected chi connectivity index (χ4v) is 9.48. The molecule has 0 radical (unpaired) electrons. The number of benzene rings is 4. The number of likely N-dealkylation sites (N-methyl/N-ethyl adjacent to an activating group) is 2. The fourth-order valence-electron chi connectivity index (χ4n) is 9.48. The van der Waals surface area contributed by atoms with E-state index >= 15 is 0 Å². The molecule has 48 heavy (non-hydrogen) atoms. The Morgan fingerprint density at radius 3 is 1.54 bits per heavy atom. The molecule has 2 N–H and O–H groups in total. The van der Waals surface area contributed by atoms with Crippen LogP contribution in [0.4, 0.5) is 5.69 Å². The summed E-state index contributed by atoms with van der Waals surface area (Å²) in [6, 6.07) is 31.2. The number of nitrogens with two attached hydrogens (primary N) is 1. The van der Waals surface area contributed by atoms with E-state index in [9.17, 15) is 9.59 Å². The second-order valence-electron chi connectivity index (χ2n) is 15.2. The van der Waals surface area contributed by atoms with Gasteiger partial charge in [-0.05, 0) is 102 Å². The average Bonchev–Trinajstić information content (AvgIpc) is 3.08. The lowest BCUT2D eigenvalue weighted by Gasteiger charge is -2.50. The van der Waals surface area contributed by atoms with E-state index < -0.39 is 0 Å². The van der Waals surface area contributed by atoms with Crippen LogP contribution in [0.5, 0.6) is 0 Å². The second-order valence-corrected chi connectivity index (χ2v) is 15.2. The van der Waals surface area contributed by atoms with E-state index in [4.69, 9.17) is 5.73 Å². The van der Waals surface area contributed by atoms with Crippen LogP contribution in [0, 0.1) is 6.92 Å². The molecule has 4 aromatic rings. The molecular formula is C43H49N3O2. The molecule has 2 aliphatic carbocycles. The van der Waals surface area contributed by atoms with Crippen molar-refractivity contribution in [2.75, 3.05) is 19.8 Å². The van der Waals surface area contributed by atoms with E-state index in [2.05, 4.69) is 87.5 Å². The lowest BCUT2D eigenvalue weighted by Crippen LogP contribution is -2.56. The van der Waals surface area contributed by atoms with Crippen molar-refractivity contribution in [2.24, 2.45) is 0 Å². The lowest BCUT2D eigenvalue weighted by molar-refractivity contribution is -0.138. The van der Waals surface area contributed by atoms with Crippen LogP contribution in [0.1, 0.15) is 80.2 Å². The standard InChI is InChI=1S/C22H25NO.C21H24N2O/c1-15-5-4-6-16(13-15)17-7-9-19-18(14-17)8-10-20-22(19,2)12-11-21(24)23(20)3;1-21-11-10-20(24)23(2)19(21)9-7-16-12-15(6-8-18(16)21)14-4-3-5-17(22)13-14/h4-7,9,13-14,20H,8,10-12H2,1-3H3;3-6,8,12-13,19H,7,9-11,22H2,1-2H3/t20?,22-;19?,21-/m11/s1. The number of nitrogens with zero attached hydrogens (tertiary/aromatic N) is 2. The third-order valence-electron chi connectivity index (χ3n) is 12.3. The summed E-state index contributed by atoms with van der Waals surface area (Å²) in [6.45, 7) is 6.83. The summed E-state index contributed by atoms with van der Waals surface area (Å²) in [4.78, 5) is 28.2. The van der Waals surface area contributed by atoms with Crippen LogP contribution in [0.25, 0.3) is 22.3 Å². The first kappa shape index (κ1) is 32.2. The Morgan fingerprint density at radius 2 is 1.06 bits per heavy atom. The molecule has 2 amide bonds. The van der Waals surface area contributed by atoms with Gasteiger partial charge in [0.15, 0.2) is 0 Å². The molecule has 5 nitrogen and oxygen atoms in total. The normalized spacial score (nSPS) is 26.0. The smallest absolute Gasteiger partial charge is 0.222 e. The zero-order chi connectivity index (χ0) is 33.8. The molecule has 4 atom stereocenters. The number of carbonyl (C=O) groups excluding carboxylic acids is 2. The highest BCUT2D eigenvalue weighted by Gasteiger charge is 2.48. The highest BCUT2D eigenvalue weighted by molar-refractivity contribution is 5.79. The number of nitrogen functional groups attached to an aromatic ring is 1. The molecule has 0 bridgehead atoms. The van der Waals surface area contributed by atoms with Gasteiger partial charge in [0.2, 0.25) is 11.8 Å². The van der Waals surface area contributed by atoms with Crippen LogP contribution in [0.15, 0.2) is 84.9 Å². The summed E-state index contributed by atoms with van der Waals surface area (Å²) in [5.74, 6) is 0.592. The van der Waals surface area contributed by atoms with Crippen molar-refractivity contribution in [1.82, 2.24) is 9.80 Å². The van der Waals surface area contributed by atoms with Crippen molar-refractivity contribution >= 4 is 17.5 Å². The molecule has 5 heteroatoms. The predicted octanol–water partition coefficient (Wildman–Crippen LogP) is 8.25. The summed E-state index contributed by atoms with van der Waals surface area (Å²) in [6.07, 6.45) is 7.46. The molecule has 4 aliphatic rings. The van der Waals surface area contributed by atoms with E-state index in [0.717, 1.165) is 44.2 Å². The van der Waals surface area contributed by atoms with E-state index in [1.165, 1.54) is 50.1 Å². The van der Waals surface area contributed by atoms with Crippen LogP contribution in [-0.2, 0) is 33.3 Å². The molecule has 2 heterocycles. The minimum absolute atomic E-state index is 0.0739. The average molecular weight is 640 g/mol. The first-order valence-corrected chi connectivity index (χ1v) is 17.7. The number of amides is 2. The topological polar surface area (TPSA) is 66.6 Å². The quantitative estimate of drug-likeness (QED) is 0.225. The zero-order valence-electron chi connectivity index (χ0n) is 29.2. The largest absolute Gasteiger partial charge is 0.399 e. The Bertz CT molecular complexity index is 1760. The molecule has 248 valence electrons. The molecule has 2 aliphatic heterocycles. The predicted molar refractivity (Wildman–Crippen MR) is 196 cm³/mol. The third-order valence-corrected chi connectivity index (χ3v) is 12.3. The maximum absolute atomic E-state index is 12.1. The van der Waals surface area contributed by atoms with Gasteiger partial charge in [0.1, 0.15) is 0 Å². The van der Waals surface area contributed by atoms with E-state index in [-0.39, 0.29) is 16.7 Å². The van der Waals surface area contributed by atoms with Gasteiger partial charge in [0.25, 0.3) is 0 Å². The minimum atomic E-state index is 0.0739. The van der Waals surface area contributed by atoms with Crippen LogP contribution in [0.2, 0.25) is 0 Å². The lowest BCUT2D eigenvalue weighted by atomic mass is 9.63. The molecule has 2 fully saturated rings. The highest BCUT2D eigenvalue weighted by atomic mass is 16.2. The number of carbonyl (C=O) groups is 2. The summed E-state index contributed by atoms with van der Waals surface area (Å²) < 4.78 is 0. The van der Waals surface area contributed by atoms with Crippen LogP contribution in [0.3, 0.4) is 0 Å². The van der Waals surface area contributed by atoms with E-state index in [0.29, 0.717) is 30.8 Å². The van der Waals surface area contributed by atoms with Gasteiger partial charge in [0.05, 0.1) is 0 Å². The van der Waals surface area contributed by atoms with Gasteiger partial charge < -0.3 is 15.5 Å². The summed E-state index contributed by atoms with van der Waals surface area (Å²) in [5, 5.41) is 0. The van der Waals surface area contributed by atoms with Crippen molar-refractivity contribution in [3.05, 3.63) is 113 Å². The molecule has 2 unspecified atom stereocenters. The Labute approximate surface area is 286 Å². The van der Waals surface area contributed by atoms with E-state index in [1.54, 1.807) is 0 Å². The van der Waals surface area contributed by atoms with Gasteiger partial charge in [-0.2, -0.15) is 0 Å². The Morgan fingerprint density at radius 1 is 0.604 bits per heavy atom. The number of fused-ring (bicyclic) bond motifs is 6. The van der Waals surface area contributed by atoms with Gasteiger partial charge in [-0.25, -0.2) is 0 Å². The van der Waals surface area contributed by atoms with Gasteiger partial charge >= 0.3 is 0 Å². The number of rotatable bonds is 2. The number of piperidine rings is 2. The Balaban J connectivity index is 0.000000152. The van der Waals surface area contributed by atoms with Crippen LogP contribution >= 0.6 is 0 Å². The fraction of sp³-hybridized carbons (Fsp3) is 0.395. The third kappa shape index (κ3) is 5.51. The second kappa shape index (κ2) is 12.3. The highest BCUT2D eigenvalue weighted by Crippen LogP contribution is 2.47. The van der Waals surface area contributed by atoms with Crippen LogP contribution in [-0.4, -0.2) is 47.8 Å². The molecule has 0 saturated carbocycles. The first-order chi connectivity index (χ1) is 23.0. The maximum Gasteiger partial charge on any atom is 0.222 e. The number of aryl methyl sites for hydroxylation is 3. The molecule has 4 aromatic carbocycles. The van der Waals surface area contributed by atoms with Gasteiger partial charge in [-0.1, -0.05) is 92.2 Å². The SMILES string of the molecule is CN1C(=O)CC[C@]2(C)c3ccc(-c4cccc(N)c4)cc3CCC12.Cc1cccc(-c2ccc3c(c2)CCC2N(C)C(=O)CC[C@]32C)c1. The molecule has 2 saturated heterocycles. The summed E-state index contributed by atoms with van der Waals surface area (Å²) in [7, 11) is 3.95. The van der Waals surface area contributed by atoms with Crippen molar-refractivity contribution < 1.29 is 9.59 Å². The number of likely N-dealkylation sites (tertiary alicyclic amines) is 2. The number of anilines is 1. The Hall–Kier alpha value is -4.38. The number of hydrogen-bond acceptors (Lipinski definition) is 3. The van der Waals surface area contributed by atoms with Crippen molar-refractivity contribution in [1.29, 1.82) is 0 Å². The van der Waals surface area contributed by atoms with Crippen molar-refractivity contribution in [3.63, 3.8) is 0 Å². The van der Waals surface area contributed by atoms with Crippen LogP contribution < -0.4 is 5.73 Å². The van der Waals surface area contributed by atoms with E-state index in [1.807, 2.05) is 42.1 Å². The maximum atomic E-state index is 12.1. The van der Waals surface area contributed by atoms with Gasteiger partial charge in [-0.3, -0.25) is 9.59 Å². The zero-order valence-corrected chi connectivity index (χ0v) is 29.2. The molecule has 8 rings (SSSR count). The number of hydrogen-bond donors (Lipinski definition) is 1. The van der Waals surface area contributed by atoms with Gasteiger partial charge in [-0.15, -0.1) is 0 Å². The van der Waals surface area contributed by atoms with Gasteiger partial charge in [0, 0.05) is 55.5 Å². The van der Waals surface area contributed by atoms with Crippen molar-refractivity contribution in [3.8, 4) is 22.3 Å². The summed E-state index contributed by atoms with van der Waals surface area (Å²) >= 11 is 0. The summed E-state index contributed by atoms with van der Waals surface area (Å²) in [5.41, 5.74) is 19.0. The monoisotopic (exact) mass is 639 g/mol.